The first-order valence-corrected chi connectivity index (χ1v) is 6.11. The highest BCUT2D eigenvalue weighted by molar-refractivity contribution is 5.84. The molecule has 0 spiro atoms. The van der Waals surface area contributed by atoms with Gasteiger partial charge in [0.05, 0.1) is 12.3 Å². The molecule has 98 valence electrons. The van der Waals surface area contributed by atoms with Crippen molar-refractivity contribution in [1.29, 1.82) is 0 Å². The van der Waals surface area contributed by atoms with Gasteiger partial charge in [0.1, 0.15) is 0 Å². The van der Waals surface area contributed by atoms with Crippen LogP contribution in [-0.4, -0.2) is 23.0 Å². The van der Waals surface area contributed by atoms with Crippen LogP contribution in [0.3, 0.4) is 0 Å². The van der Waals surface area contributed by atoms with Crippen LogP contribution in [0.25, 0.3) is 0 Å². The Balaban J connectivity index is 2.61. The molecule has 2 unspecified atom stereocenters. The molecule has 0 fully saturated rings. The maximum atomic E-state index is 12.0. The molecule has 1 aromatic rings. The van der Waals surface area contributed by atoms with Crippen LogP contribution in [0, 0.1) is 0 Å². The van der Waals surface area contributed by atoms with Crippen molar-refractivity contribution in [3.63, 3.8) is 0 Å². The Morgan fingerprint density at radius 1 is 1.28 bits per heavy atom. The van der Waals surface area contributed by atoms with E-state index in [4.69, 9.17) is 5.11 Å². The SMILES string of the molecule is CCC(CC(=O)O)NC(=O)C(C)c1ccccc1. The highest BCUT2D eigenvalue weighted by atomic mass is 16.4. The lowest BCUT2D eigenvalue weighted by Crippen LogP contribution is -2.38. The predicted octanol–water partition coefficient (Wildman–Crippen LogP) is 2.16. The van der Waals surface area contributed by atoms with Gasteiger partial charge in [-0.3, -0.25) is 9.59 Å². The van der Waals surface area contributed by atoms with Gasteiger partial charge in [-0.25, -0.2) is 0 Å². The second-order valence-corrected chi connectivity index (χ2v) is 4.34. The Kier molecular flexibility index (Phi) is 5.36. The molecule has 4 nitrogen and oxygen atoms in total. The Hall–Kier alpha value is -1.84. The van der Waals surface area contributed by atoms with Crippen LogP contribution in [0.5, 0.6) is 0 Å². The lowest BCUT2D eigenvalue weighted by Gasteiger charge is -2.18. The minimum atomic E-state index is -0.894. The lowest BCUT2D eigenvalue weighted by atomic mass is 9.99. The van der Waals surface area contributed by atoms with Gasteiger partial charge in [-0.2, -0.15) is 0 Å². The highest BCUT2D eigenvalue weighted by Crippen LogP contribution is 2.15. The van der Waals surface area contributed by atoms with Crippen molar-refractivity contribution in [2.24, 2.45) is 0 Å². The van der Waals surface area contributed by atoms with Crippen LogP contribution in [0.2, 0.25) is 0 Å². The average Bonchev–Trinajstić information content (AvgIpc) is 2.37. The number of hydrogen-bond acceptors (Lipinski definition) is 2. The van der Waals surface area contributed by atoms with Gasteiger partial charge >= 0.3 is 5.97 Å². The number of amides is 1. The van der Waals surface area contributed by atoms with E-state index in [1.165, 1.54) is 0 Å². The standard InChI is InChI=1S/C14H19NO3/c1-3-12(9-13(16)17)15-14(18)10(2)11-7-5-4-6-8-11/h4-8,10,12H,3,9H2,1-2H3,(H,15,18)(H,16,17). The average molecular weight is 249 g/mol. The fourth-order valence-corrected chi connectivity index (χ4v) is 1.73. The number of benzene rings is 1. The minimum Gasteiger partial charge on any atom is -0.481 e. The van der Waals surface area contributed by atoms with Gasteiger partial charge in [0, 0.05) is 6.04 Å². The van der Waals surface area contributed by atoms with Crippen molar-refractivity contribution >= 4 is 11.9 Å². The Bertz CT molecular complexity index is 403. The molecule has 0 saturated heterocycles. The Labute approximate surface area is 107 Å². The molecular weight excluding hydrogens is 230 g/mol. The summed E-state index contributed by atoms with van der Waals surface area (Å²) in [6.07, 6.45) is 0.573. The summed E-state index contributed by atoms with van der Waals surface area (Å²) in [7, 11) is 0. The van der Waals surface area contributed by atoms with Crippen LogP contribution >= 0.6 is 0 Å². The van der Waals surface area contributed by atoms with Crippen molar-refractivity contribution in [3.8, 4) is 0 Å². The lowest BCUT2D eigenvalue weighted by molar-refractivity contribution is -0.137. The first-order chi connectivity index (χ1) is 8.54. The molecule has 4 heteroatoms. The van der Waals surface area contributed by atoms with E-state index in [0.29, 0.717) is 6.42 Å². The number of rotatable bonds is 6. The van der Waals surface area contributed by atoms with E-state index in [2.05, 4.69) is 5.32 Å². The molecule has 0 radical (unpaired) electrons. The first kappa shape index (κ1) is 14.2. The van der Waals surface area contributed by atoms with E-state index in [9.17, 15) is 9.59 Å². The maximum absolute atomic E-state index is 12.0. The summed E-state index contributed by atoms with van der Waals surface area (Å²) in [6, 6.07) is 9.14. The predicted molar refractivity (Wildman–Crippen MR) is 69.3 cm³/mol. The fourth-order valence-electron chi connectivity index (χ4n) is 1.73. The molecule has 0 aliphatic heterocycles. The van der Waals surface area contributed by atoms with Gasteiger partial charge in [0.2, 0.25) is 5.91 Å². The van der Waals surface area contributed by atoms with E-state index in [-0.39, 0.29) is 24.3 Å². The largest absolute Gasteiger partial charge is 0.481 e. The molecule has 0 heterocycles. The zero-order chi connectivity index (χ0) is 13.5. The third-order valence-electron chi connectivity index (χ3n) is 2.95. The number of aliphatic carboxylic acids is 1. The quantitative estimate of drug-likeness (QED) is 0.812. The molecular formula is C14H19NO3. The molecule has 0 saturated carbocycles. The molecule has 0 bridgehead atoms. The number of carboxylic acid groups (broad SMARTS) is 1. The van der Waals surface area contributed by atoms with E-state index in [1.807, 2.05) is 44.2 Å². The number of carbonyl (C=O) groups is 2. The number of carboxylic acids is 1. The summed E-state index contributed by atoms with van der Waals surface area (Å²) in [4.78, 5) is 22.6. The van der Waals surface area contributed by atoms with Gasteiger partial charge in [0.25, 0.3) is 0 Å². The van der Waals surface area contributed by atoms with Crippen LogP contribution in [0.15, 0.2) is 30.3 Å². The van der Waals surface area contributed by atoms with Crippen LogP contribution in [0.4, 0.5) is 0 Å². The molecule has 2 N–H and O–H groups in total. The van der Waals surface area contributed by atoms with Gasteiger partial charge in [-0.15, -0.1) is 0 Å². The zero-order valence-corrected chi connectivity index (χ0v) is 10.7. The van der Waals surface area contributed by atoms with Crippen molar-refractivity contribution in [1.82, 2.24) is 5.32 Å². The minimum absolute atomic E-state index is 0.0379. The molecule has 1 rings (SSSR count). The highest BCUT2D eigenvalue weighted by Gasteiger charge is 2.19. The Morgan fingerprint density at radius 2 is 1.89 bits per heavy atom. The van der Waals surface area contributed by atoms with Crippen LogP contribution in [-0.2, 0) is 9.59 Å². The second-order valence-electron chi connectivity index (χ2n) is 4.34. The molecule has 18 heavy (non-hydrogen) atoms. The summed E-state index contributed by atoms with van der Waals surface area (Å²) in [5.74, 6) is -1.29. The maximum Gasteiger partial charge on any atom is 0.305 e. The summed E-state index contributed by atoms with van der Waals surface area (Å²) >= 11 is 0. The zero-order valence-electron chi connectivity index (χ0n) is 10.7. The van der Waals surface area contributed by atoms with Crippen molar-refractivity contribution in [2.45, 2.75) is 38.6 Å². The summed E-state index contributed by atoms with van der Waals surface area (Å²) in [5.41, 5.74) is 0.931. The number of hydrogen-bond donors (Lipinski definition) is 2. The third kappa shape index (κ3) is 4.20. The molecule has 2 atom stereocenters. The fraction of sp³-hybridized carbons (Fsp3) is 0.429. The van der Waals surface area contributed by atoms with E-state index < -0.39 is 5.97 Å². The van der Waals surface area contributed by atoms with Gasteiger partial charge in [0.15, 0.2) is 0 Å². The number of nitrogens with one attached hydrogen (secondary N) is 1. The van der Waals surface area contributed by atoms with E-state index in [0.717, 1.165) is 5.56 Å². The second kappa shape index (κ2) is 6.79. The molecule has 0 aliphatic carbocycles. The molecule has 1 aromatic carbocycles. The van der Waals surface area contributed by atoms with Crippen LogP contribution in [0.1, 0.15) is 38.2 Å². The molecule has 0 aliphatic rings. The first-order valence-electron chi connectivity index (χ1n) is 6.11. The van der Waals surface area contributed by atoms with E-state index in [1.54, 1.807) is 0 Å². The Morgan fingerprint density at radius 3 is 2.39 bits per heavy atom. The van der Waals surface area contributed by atoms with Crippen LogP contribution < -0.4 is 5.32 Å². The smallest absolute Gasteiger partial charge is 0.305 e. The van der Waals surface area contributed by atoms with Crippen molar-refractivity contribution in [3.05, 3.63) is 35.9 Å². The van der Waals surface area contributed by atoms with E-state index >= 15 is 0 Å². The molecule has 1 amide bonds. The normalized spacial score (nSPS) is 13.7. The molecule has 0 aromatic heterocycles. The van der Waals surface area contributed by atoms with Gasteiger partial charge < -0.3 is 10.4 Å². The van der Waals surface area contributed by atoms with Crippen molar-refractivity contribution < 1.29 is 14.7 Å². The monoisotopic (exact) mass is 249 g/mol. The van der Waals surface area contributed by atoms with Crippen molar-refractivity contribution in [2.75, 3.05) is 0 Å². The third-order valence-corrected chi connectivity index (χ3v) is 2.95. The number of carbonyl (C=O) groups excluding carboxylic acids is 1. The summed E-state index contributed by atoms with van der Waals surface area (Å²) < 4.78 is 0. The van der Waals surface area contributed by atoms with Gasteiger partial charge in [-0.05, 0) is 18.9 Å². The van der Waals surface area contributed by atoms with Gasteiger partial charge in [-0.1, -0.05) is 37.3 Å². The summed E-state index contributed by atoms with van der Waals surface area (Å²) in [6.45, 7) is 3.68. The summed E-state index contributed by atoms with van der Waals surface area (Å²) in [5, 5.41) is 11.5. The topological polar surface area (TPSA) is 66.4 Å².